The van der Waals surface area contributed by atoms with Gasteiger partial charge in [0.25, 0.3) is 0 Å². The number of likely N-dealkylation sites (tertiary alicyclic amines) is 1. The number of methoxy groups -OCH3 is 1. The van der Waals surface area contributed by atoms with Gasteiger partial charge in [-0.3, -0.25) is 9.78 Å². The number of aliphatic hydroxyl groups excluding tert-OH is 1. The molecule has 1 saturated heterocycles. The van der Waals surface area contributed by atoms with Crippen molar-refractivity contribution in [2.24, 2.45) is 11.8 Å². The van der Waals surface area contributed by atoms with Crippen LogP contribution in [0.1, 0.15) is 36.5 Å². The number of nitrogens with zero attached hydrogens (tertiary/aromatic N) is 2. The maximum absolute atomic E-state index is 12.1. The first-order valence-corrected chi connectivity index (χ1v) is 13.2. The molecule has 7 heteroatoms. The topological polar surface area (TPSA) is 82.9 Å². The molecule has 6 nitrogen and oxygen atoms in total. The monoisotopic (exact) mass is 494 g/mol. The Labute approximate surface area is 211 Å². The Hall–Kier alpha value is -2.61. The number of piperidine rings is 1. The Morgan fingerprint density at radius 2 is 2.03 bits per heavy atom. The van der Waals surface area contributed by atoms with Crippen LogP contribution in [-0.4, -0.2) is 58.6 Å². The minimum absolute atomic E-state index is 0.0609. The number of benzene rings is 2. The first kappa shape index (κ1) is 25.5. The lowest BCUT2D eigenvalue weighted by molar-refractivity contribution is -0.146. The van der Waals surface area contributed by atoms with E-state index in [0.29, 0.717) is 19.4 Å². The molecule has 0 bridgehead atoms. The fourth-order valence-electron chi connectivity index (χ4n) is 4.92. The number of aliphatic hydroxyl groups is 1. The maximum atomic E-state index is 12.1. The summed E-state index contributed by atoms with van der Waals surface area (Å²) in [6.07, 6.45) is 3.07. The van der Waals surface area contributed by atoms with Crippen LogP contribution >= 0.6 is 11.8 Å². The van der Waals surface area contributed by atoms with Crippen molar-refractivity contribution in [2.75, 3.05) is 32.5 Å². The zero-order chi connectivity index (χ0) is 24.8. The summed E-state index contributed by atoms with van der Waals surface area (Å²) >= 11 is 1.81. The van der Waals surface area contributed by atoms with Gasteiger partial charge in [-0.15, -0.1) is 11.8 Å². The van der Waals surface area contributed by atoms with E-state index in [1.807, 2.05) is 36.0 Å². The number of pyridine rings is 1. The molecule has 1 aromatic heterocycles. The Bertz CT molecular complexity index is 1140. The van der Waals surface area contributed by atoms with Crippen molar-refractivity contribution in [1.29, 1.82) is 0 Å². The van der Waals surface area contributed by atoms with E-state index < -0.39 is 18.0 Å². The number of hydrogen-bond donors (Lipinski definition) is 2. The standard InChI is InChI=1S/C28H34N2O4S/c1-19-3-7-22(8-4-19)35-16-15-30-14-12-20(25(18-30)28(32)33)5-10-27(31)23-11-13-29-26-9-6-21(34-2)17-24(23)26/h3-4,6-9,11,13,17,20,25,27,31H,5,10,12,14-16,18H2,1-2H3,(H,32,33)/t20-,25+,27+/m1/s1. The summed E-state index contributed by atoms with van der Waals surface area (Å²) in [4.78, 5) is 20.0. The summed E-state index contributed by atoms with van der Waals surface area (Å²) in [6.45, 7) is 4.43. The summed E-state index contributed by atoms with van der Waals surface area (Å²) in [7, 11) is 1.62. The molecule has 4 rings (SSSR count). The molecule has 1 fully saturated rings. The van der Waals surface area contributed by atoms with E-state index in [0.717, 1.165) is 47.5 Å². The fourth-order valence-corrected chi connectivity index (χ4v) is 5.83. The fraction of sp³-hybridized carbons (Fsp3) is 0.429. The number of rotatable bonds is 10. The van der Waals surface area contributed by atoms with Crippen LogP contribution in [-0.2, 0) is 4.79 Å². The molecule has 0 radical (unpaired) electrons. The van der Waals surface area contributed by atoms with E-state index in [4.69, 9.17) is 4.74 Å². The highest BCUT2D eigenvalue weighted by atomic mass is 32.2. The molecule has 2 heterocycles. The number of aryl methyl sites for hydroxylation is 1. The highest BCUT2D eigenvalue weighted by Crippen LogP contribution is 2.34. The van der Waals surface area contributed by atoms with Crippen LogP contribution in [0.2, 0.25) is 0 Å². The Balaban J connectivity index is 1.32. The number of carboxylic acids is 1. The van der Waals surface area contributed by atoms with Gasteiger partial charge in [-0.2, -0.15) is 0 Å². The molecular formula is C28H34N2O4S. The predicted molar refractivity (Wildman–Crippen MR) is 140 cm³/mol. The molecule has 0 unspecified atom stereocenters. The Kier molecular flexibility index (Phi) is 8.65. The third-order valence-electron chi connectivity index (χ3n) is 7.01. The van der Waals surface area contributed by atoms with Crippen LogP contribution in [0.3, 0.4) is 0 Å². The molecule has 3 aromatic rings. The second-order valence-corrected chi connectivity index (χ2v) is 10.5. The summed E-state index contributed by atoms with van der Waals surface area (Å²) < 4.78 is 5.34. The number of aliphatic carboxylic acids is 1. The van der Waals surface area contributed by atoms with Crippen LogP contribution in [0.4, 0.5) is 0 Å². The van der Waals surface area contributed by atoms with Gasteiger partial charge in [0.1, 0.15) is 5.75 Å². The molecule has 2 N–H and O–H groups in total. The van der Waals surface area contributed by atoms with Gasteiger partial charge in [-0.25, -0.2) is 0 Å². The van der Waals surface area contributed by atoms with Crippen molar-refractivity contribution >= 4 is 28.6 Å². The van der Waals surface area contributed by atoms with E-state index in [-0.39, 0.29) is 5.92 Å². The number of aromatic nitrogens is 1. The SMILES string of the molecule is COc1ccc2nccc([C@@H](O)CC[C@@H]3CCN(CCSc4ccc(C)cc4)C[C@@H]3C(=O)O)c2c1. The smallest absolute Gasteiger partial charge is 0.308 e. The number of carbonyl (C=O) groups is 1. The summed E-state index contributed by atoms with van der Waals surface area (Å²) in [5, 5.41) is 21.8. The molecule has 186 valence electrons. The first-order valence-electron chi connectivity index (χ1n) is 12.2. The molecule has 35 heavy (non-hydrogen) atoms. The predicted octanol–water partition coefficient (Wildman–Crippen LogP) is 5.18. The third kappa shape index (κ3) is 6.54. The maximum Gasteiger partial charge on any atom is 0.308 e. The van der Waals surface area contributed by atoms with E-state index >= 15 is 0 Å². The van der Waals surface area contributed by atoms with Crippen LogP contribution in [0.25, 0.3) is 10.9 Å². The highest BCUT2D eigenvalue weighted by Gasteiger charge is 2.34. The van der Waals surface area contributed by atoms with E-state index in [1.165, 1.54) is 10.5 Å². The van der Waals surface area contributed by atoms with Gasteiger partial charge >= 0.3 is 5.97 Å². The number of hydrogen-bond acceptors (Lipinski definition) is 6. The van der Waals surface area contributed by atoms with Crippen LogP contribution in [0, 0.1) is 18.8 Å². The van der Waals surface area contributed by atoms with E-state index in [2.05, 4.69) is 41.1 Å². The summed E-state index contributed by atoms with van der Waals surface area (Å²) in [5.41, 5.74) is 2.87. The van der Waals surface area contributed by atoms with Crippen molar-refractivity contribution in [2.45, 2.75) is 37.2 Å². The van der Waals surface area contributed by atoms with Crippen molar-refractivity contribution in [3.05, 3.63) is 65.9 Å². The normalized spacial score (nSPS) is 19.5. The molecule has 0 spiro atoms. The first-order chi connectivity index (χ1) is 16.9. The van der Waals surface area contributed by atoms with Gasteiger partial charge in [0.2, 0.25) is 0 Å². The van der Waals surface area contributed by atoms with Crippen molar-refractivity contribution in [3.8, 4) is 5.75 Å². The number of thioether (sulfide) groups is 1. The molecule has 1 aliphatic rings. The van der Waals surface area contributed by atoms with Crippen molar-refractivity contribution < 1.29 is 19.7 Å². The summed E-state index contributed by atoms with van der Waals surface area (Å²) in [6, 6.07) is 16.0. The molecule has 3 atom stereocenters. The minimum Gasteiger partial charge on any atom is -0.497 e. The quantitative estimate of drug-likeness (QED) is 0.376. The lowest BCUT2D eigenvalue weighted by Gasteiger charge is -2.37. The minimum atomic E-state index is -0.737. The average molecular weight is 495 g/mol. The van der Waals surface area contributed by atoms with Gasteiger partial charge in [-0.05, 0) is 80.6 Å². The van der Waals surface area contributed by atoms with Crippen LogP contribution in [0.15, 0.2) is 59.6 Å². The molecule has 2 aromatic carbocycles. The zero-order valence-corrected chi connectivity index (χ0v) is 21.2. The second kappa shape index (κ2) is 11.9. The summed E-state index contributed by atoms with van der Waals surface area (Å²) in [5.74, 6) is 0.579. The van der Waals surface area contributed by atoms with Crippen molar-refractivity contribution in [3.63, 3.8) is 0 Å². The van der Waals surface area contributed by atoms with Gasteiger partial charge in [0, 0.05) is 35.3 Å². The van der Waals surface area contributed by atoms with Gasteiger partial charge in [0.15, 0.2) is 0 Å². The second-order valence-electron chi connectivity index (χ2n) is 9.33. The average Bonchev–Trinajstić information content (AvgIpc) is 2.88. The zero-order valence-electron chi connectivity index (χ0n) is 20.4. The molecule has 0 amide bonds. The molecule has 0 aliphatic carbocycles. The van der Waals surface area contributed by atoms with Gasteiger partial charge in [0.05, 0.1) is 24.6 Å². The Morgan fingerprint density at radius 3 is 2.77 bits per heavy atom. The molecular weight excluding hydrogens is 460 g/mol. The molecule has 1 aliphatic heterocycles. The number of carboxylic acid groups (broad SMARTS) is 1. The lowest BCUT2D eigenvalue weighted by Crippen LogP contribution is -2.44. The Morgan fingerprint density at radius 1 is 1.23 bits per heavy atom. The lowest BCUT2D eigenvalue weighted by atomic mass is 9.81. The van der Waals surface area contributed by atoms with Crippen molar-refractivity contribution in [1.82, 2.24) is 9.88 Å². The van der Waals surface area contributed by atoms with E-state index in [1.54, 1.807) is 13.3 Å². The van der Waals surface area contributed by atoms with Crippen LogP contribution in [0.5, 0.6) is 5.75 Å². The van der Waals surface area contributed by atoms with E-state index in [9.17, 15) is 15.0 Å². The molecule has 0 saturated carbocycles. The highest BCUT2D eigenvalue weighted by molar-refractivity contribution is 7.99. The largest absolute Gasteiger partial charge is 0.497 e. The van der Waals surface area contributed by atoms with Gasteiger partial charge in [-0.1, -0.05) is 17.7 Å². The number of fused-ring (bicyclic) bond motifs is 1. The number of ether oxygens (including phenoxy) is 1. The van der Waals surface area contributed by atoms with Gasteiger partial charge < -0.3 is 19.8 Å². The third-order valence-corrected chi connectivity index (χ3v) is 8.00. The van der Waals surface area contributed by atoms with Crippen LogP contribution < -0.4 is 4.74 Å².